The van der Waals surface area contributed by atoms with Crippen LogP contribution in [0.15, 0.2) is 30.7 Å². The molecule has 2 atom stereocenters. The van der Waals surface area contributed by atoms with Crippen LogP contribution in [0.4, 0.5) is 19.1 Å². The minimum atomic E-state index is -4.13. The Morgan fingerprint density at radius 3 is 2.79 bits per heavy atom. The molecule has 33 heavy (non-hydrogen) atoms. The number of nitrogens with two attached hydrogens (primary N) is 1. The summed E-state index contributed by atoms with van der Waals surface area (Å²) in [6, 6.07) is 3.70. The second kappa shape index (κ2) is 8.28. The lowest BCUT2D eigenvalue weighted by Crippen LogP contribution is -2.64. The fourth-order valence-electron chi connectivity index (χ4n) is 3.84. The van der Waals surface area contributed by atoms with Crippen molar-refractivity contribution in [2.24, 2.45) is 5.73 Å². The zero-order chi connectivity index (χ0) is 23.8. The minimum absolute atomic E-state index is 0.00864. The summed E-state index contributed by atoms with van der Waals surface area (Å²) >= 11 is 0. The van der Waals surface area contributed by atoms with E-state index in [2.05, 4.69) is 15.0 Å². The zero-order valence-electron chi connectivity index (χ0n) is 17.1. The molecule has 2 aliphatic heterocycles. The van der Waals surface area contributed by atoms with Gasteiger partial charge in [-0.05, 0) is 17.7 Å². The molecule has 2 saturated heterocycles. The van der Waals surface area contributed by atoms with Gasteiger partial charge >= 0.3 is 5.92 Å². The summed E-state index contributed by atoms with van der Waals surface area (Å²) in [6.07, 6.45) is 3.21. The third-order valence-corrected chi connectivity index (χ3v) is 5.59. The maximum atomic E-state index is 15.7. The molecular formula is C20H18F3N7O3. The molecule has 0 spiro atoms. The van der Waals surface area contributed by atoms with Crippen LogP contribution in [-0.4, -0.2) is 63.1 Å². The lowest BCUT2D eigenvalue weighted by molar-refractivity contribution is -0.216. The smallest absolute Gasteiger partial charge is 0.307 e. The van der Waals surface area contributed by atoms with Crippen LogP contribution < -0.4 is 10.6 Å². The first kappa shape index (κ1) is 22.4. The minimum Gasteiger partial charge on any atom is -0.364 e. The lowest BCUT2D eigenvalue weighted by atomic mass is 9.87. The van der Waals surface area contributed by atoms with Gasteiger partial charge in [0.25, 0.3) is 17.5 Å². The van der Waals surface area contributed by atoms with E-state index in [0.717, 1.165) is 4.90 Å². The standard InChI is InChI=1S/C20H18F3N7O3/c21-19(17(32)30-15(2-6-33-30)13-7-12(8-24)9-26-10-13)3-5-29(11-20(19,22)23)18-27-4-1-14(28-18)16(25)31/h1,4,7,9-10,15H,2-3,5-6,11H2,(H2,25,31)/t15-,19?/m0/s1. The monoisotopic (exact) mass is 461 g/mol. The Balaban J connectivity index is 1.57. The number of alkyl halides is 3. The van der Waals surface area contributed by atoms with Gasteiger partial charge in [-0.1, -0.05) is 0 Å². The van der Waals surface area contributed by atoms with Gasteiger partial charge in [0.1, 0.15) is 11.8 Å². The van der Waals surface area contributed by atoms with Crippen LogP contribution in [-0.2, 0) is 9.63 Å². The summed E-state index contributed by atoms with van der Waals surface area (Å²) < 4.78 is 45.9. The Labute approximate surface area is 185 Å². The molecule has 2 aliphatic rings. The van der Waals surface area contributed by atoms with Crippen molar-refractivity contribution < 1.29 is 27.6 Å². The quantitative estimate of drug-likeness (QED) is 0.719. The molecular weight excluding hydrogens is 443 g/mol. The third-order valence-electron chi connectivity index (χ3n) is 5.59. The van der Waals surface area contributed by atoms with Gasteiger partial charge in [0.15, 0.2) is 0 Å². The molecule has 0 aromatic carbocycles. The third kappa shape index (κ3) is 3.93. The Morgan fingerprint density at radius 2 is 2.09 bits per heavy atom. The number of carbonyl (C=O) groups excluding carboxylic acids is 2. The summed E-state index contributed by atoms with van der Waals surface area (Å²) in [4.78, 5) is 42.1. The van der Waals surface area contributed by atoms with Gasteiger partial charge in [-0.15, -0.1) is 0 Å². The van der Waals surface area contributed by atoms with Gasteiger partial charge < -0.3 is 10.6 Å². The number of hydrogen-bond donors (Lipinski definition) is 1. The highest BCUT2D eigenvalue weighted by molar-refractivity contribution is 5.91. The maximum Gasteiger partial charge on any atom is 0.307 e. The molecule has 0 aliphatic carbocycles. The number of primary amides is 1. The van der Waals surface area contributed by atoms with Crippen molar-refractivity contribution in [3.8, 4) is 6.07 Å². The summed E-state index contributed by atoms with van der Waals surface area (Å²) in [5, 5.41) is 9.68. The molecule has 2 N–H and O–H groups in total. The number of hydroxylamine groups is 2. The first-order valence-electron chi connectivity index (χ1n) is 9.92. The molecule has 13 heteroatoms. The Kier molecular flexibility index (Phi) is 5.62. The van der Waals surface area contributed by atoms with Crippen LogP contribution in [0.5, 0.6) is 0 Å². The van der Waals surface area contributed by atoms with E-state index in [-0.39, 0.29) is 36.8 Å². The predicted octanol–water partition coefficient (Wildman–Crippen LogP) is 1.30. The maximum absolute atomic E-state index is 15.7. The fourth-order valence-corrected chi connectivity index (χ4v) is 3.84. The number of piperidine rings is 1. The van der Waals surface area contributed by atoms with Gasteiger partial charge in [-0.2, -0.15) is 5.26 Å². The topological polar surface area (TPSA) is 138 Å². The molecule has 4 heterocycles. The number of halogens is 3. The first-order valence-corrected chi connectivity index (χ1v) is 9.92. The number of nitrogens with zero attached hydrogens (tertiary/aromatic N) is 6. The highest BCUT2D eigenvalue weighted by atomic mass is 19.3. The van der Waals surface area contributed by atoms with E-state index in [1.165, 1.54) is 30.7 Å². The average Bonchev–Trinajstić information content (AvgIpc) is 3.30. The van der Waals surface area contributed by atoms with Crippen molar-refractivity contribution in [3.05, 3.63) is 47.5 Å². The van der Waals surface area contributed by atoms with Crippen LogP contribution in [0.2, 0.25) is 0 Å². The molecule has 0 saturated carbocycles. The Morgan fingerprint density at radius 1 is 1.30 bits per heavy atom. The van der Waals surface area contributed by atoms with E-state index in [0.29, 0.717) is 10.6 Å². The SMILES string of the molecule is N#Cc1cncc([C@@H]2CCON2C(=O)C2(F)CCN(c3nccc(C(N)=O)n3)CC2(F)F)c1. The molecule has 2 aromatic heterocycles. The average molecular weight is 461 g/mol. The van der Waals surface area contributed by atoms with Crippen LogP contribution in [0.3, 0.4) is 0 Å². The highest BCUT2D eigenvalue weighted by Gasteiger charge is 2.65. The number of rotatable bonds is 4. The Bertz CT molecular complexity index is 1140. The molecule has 2 amide bonds. The predicted molar refractivity (Wildman–Crippen MR) is 105 cm³/mol. The first-order chi connectivity index (χ1) is 15.7. The second-order valence-corrected chi connectivity index (χ2v) is 7.67. The molecule has 2 aromatic rings. The van der Waals surface area contributed by atoms with E-state index in [4.69, 9.17) is 15.8 Å². The summed E-state index contributed by atoms with van der Waals surface area (Å²) in [6.45, 7) is -1.50. The van der Waals surface area contributed by atoms with Crippen LogP contribution in [0, 0.1) is 11.3 Å². The van der Waals surface area contributed by atoms with Gasteiger partial charge in [-0.25, -0.2) is 28.2 Å². The van der Waals surface area contributed by atoms with Crippen molar-refractivity contribution in [1.29, 1.82) is 5.26 Å². The summed E-state index contributed by atoms with van der Waals surface area (Å²) in [5.74, 6) is -6.74. The number of anilines is 1. The Hall–Kier alpha value is -3.79. The van der Waals surface area contributed by atoms with Gasteiger partial charge in [-0.3, -0.25) is 19.4 Å². The molecule has 2 fully saturated rings. The van der Waals surface area contributed by atoms with E-state index in [9.17, 15) is 9.59 Å². The normalized spacial score (nSPS) is 24.4. The van der Waals surface area contributed by atoms with Crippen molar-refractivity contribution in [2.45, 2.75) is 30.5 Å². The van der Waals surface area contributed by atoms with Gasteiger partial charge in [0.2, 0.25) is 5.95 Å². The van der Waals surface area contributed by atoms with E-state index < -0.39 is 42.4 Å². The van der Waals surface area contributed by atoms with E-state index in [1.54, 1.807) is 0 Å². The number of amides is 2. The second-order valence-electron chi connectivity index (χ2n) is 7.67. The fraction of sp³-hybridized carbons (Fsp3) is 0.400. The summed E-state index contributed by atoms with van der Waals surface area (Å²) in [7, 11) is 0. The van der Waals surface area contributed by atoms with Crippen LogP contribution >= 0.6 is 0 Å². The zero-order valence-corrected chi connectivity index (χ0v) is 17.1. The molecule has 10 nitrogen and oxygen atoms in total. The van der Waals surface area contributed by atoms with Gasteiger partial charge in [0.05, 0.1) is 24.8 Å². The van der Waals surface area contributed by atoms with Crippen molar-refractivity contribution in [1.82, 2.24) is 20.0 Å². The molecule has 4 rings (SSSR count). The largest absolute Gasteiger partial charge is 0.364 e. The molecule has 0 bridgehead atoms. The van der Waals surface area contributed by atoms with Crippen molar-refractivity contribution >= 4 is 17.8 Å². The number of pyridine rings is 1. The lowest BCUT2D eigenvalue weighted by Gasteiger charge is -2.42. The number of carbonyl (C=O) groups is 2. The summed E-state index contributed by atoms with van der Waals surface area (Å²) in [5.41, 5.74) is 2.01. The molecule has 1 unspecified atom stereocenters. The molecule has 172 valence electrons. The van der Waals surface area contributed by atoms with Crippen molar-refractivity contribution in [3.63, 3.8) is 0 Å². The number of hydrogen-bond acceptors (Lipinski definition) is 8. The van der Waals surface area contributed by atoms with E-state index in [1.807, 2.05) is 6.07 Å². The van der Waals surface area contributed by atoms with Crippen molar-refractivity contribution in [2.75, 3.05) is 24.6 Å². The van der Waals surface area contributed by atoms with Crippen LogP contribution in [0.1, 0.15) is 40.5 Å². The molecule has 0 radical (unpaired) electrons. The van der Waals surface area contributed by atoms with Crippen LogP contribution in [0.25, 0.3) is 0 Å². The number of aromatic nitrogens is 3. The number of nitriles is 1. The highest BCUT2D eigenvalue weighted by Crippen LogP contribution is 2.44. The van der Waals surface area contributed by atoms with Gasteiger partial charge in [0, 0.05) is 38.0 Å². The van der Waals surface area contributed by atoms with E-state index >= 15 is 13.2 Å².